The predicted octanol–water partition coefficient (Wildman–Crippen LogP) is 2.08. The van der Waals surface area contributed by atoms with Gasteiger partial charge in [-0.15, -0.1) is 0 Å². The molecule has 6 nitrogen and oxygen atoms in total. The normalized spacial score (nSPS) is 15.5. The van der Waals surface area contributed by atoms with Crippen LogP contribution in [0, 0.1) is 0 Å². The molecule has 0 fully saturated rings. The summed E-state index contributed by atoms with van der Waals surface area (Å²) in [4.78, 5) is 12.0. The first kappa shape index (κ1) is 13.9. The van der Waals surface area contributed by atoms with Crippen molar-refractivity contribution in [3.05, 3.63) is 52.0 Å². The molecule has 0 bridgehead atoms. The zero-order valence-corrected chi connectivity index (χ0v) is 12.7. The molecule has 116 valence electrons. The molecule has 4 rings (SSSR count). The Labute approximate surface area is 136 Å². The fourth-order valence-corrected chi connectivity index (χ4v) is 2.98. The van der Waals surface area contributed by atoms with Gasteiger partial charge in [0.1, 0.15) is 0 Å². The smallest absolute Gasteiger partial charge is 0.244 e. The number of ether oxygens (including phenoxy) is 2. The molecule has 2 aromatic carbocycles. The van der Waals surface area contributed by atoms with Crippen LogP contribution in [0.25, 0.3) is 0 Å². The minimum Gasteiger partial charge on any atom is -0.454 e. The molecule has 2 heterocycles. The molecule has 0 aromatic heterocycles. The third-order valence-corrected chi connectivity index (χ3v) is 4.18. The van der Waals surface area contributed by atoms with Crippen LogP contribution < -0.4 is 20.6 Å². The molecule has 0 radical (unpaired) electrons. The van der Waals surface area contributed by atoms with Crippen LogP contribution in [0.3, 0.4) is 0 Å². The standard InChI is InChI=1S/C16H12ClN3O3/c17-14-10-6-13(21)19-20-15(8-1-3-9(18)4-2-8)11(10)5-12-16(14)23-7-22-12/h1-5H,6-7,18H2,(H,19,21). The van der Waals surface area contributed by atoms with Gasteiger partial charge in [-0.2, -0.15) is 5.10 Å². The third kappa shape index (κ3) is 2.27. The van der Waals surface area contributed by atoms with Crippen molar-refractivity contribution in [2.75, 3.05) is 12.5 Å². The Hall–Kier alpha value is -2.73. The number of rotatable bonds is 1. The summed E-state index contributed by atoms with van der Waals surface area (Å²) in [5.74, 6) is 0.778. The topological polar surface area (TPSA) is 85.9 Å². The zero-order valence-electron chi connectivity index (χ0n) is 11.9. The number of anilines is 1. The van der Waals surface area contributed by atoms with Crippen LogP contribution in [0.1, 0.15) is 16.7 Å². The van der Waals surface area contributed by atoms with E-state index in [0.717, 1.165) is 11.1 Å². The highest BCUT2D eigenvalue weighted by Crippen LogP contribution is 2.43. The second kappa shape index (κ2) is 5.17. The largest absolute Gasteiger partial charge is 0.454 e. The number of nitrogen functional groups attached to an aromatic ring is 1. The van der Waals surface area contributed by atoms with E-state index in [4.69, 9.17) is 26.8 Å². The van der Waals surface area contributed by atoms with Crippen LogP contribution in [0.5, 0.6) is 11.5 Å². The number of fused-ring (bicyclic) bond motifs is 2. The van der Waals surface area contributed by atoms with Gasteiger partial charge < -0.3 is 15.2 Å². The van der Waals surface area contributed by atoms with Crippen molar-refractivity contribution in [1.82, 2.24) is 5.43 Å². The maximum absolute atomic E-state index is 12.0. The van der Waals surface area contributed by atoms with Crippen molar-refractivity contribution in [3.8, 4) is 11.5 Å². The average molecular weight is 330 g/mol. The van der Waals surface area contributed by atoms with Crippen LogP contribution in [0.2, 0.25) is 5.02 Å². The van der Waals surface area contributed by atoms with Gasteiger partial charge in [-0.3, -0.25) is 4.79 Å². The number of hydrogen-bond donors (Lipinski definition) is 2. The number of nitrogens with two attached hydrogens (primary N) is 1. The third-order valence-electron chi connectivity index (χ3n) is 3.78. The molecule has 0 atom stereocenters. The number of nitrogens with zero attached hydrogens (tertiary/aromatic N) is 1. The lowest BCUT2D eigenvalue weighted by Crippen LogP contribution is -2.18. The van der Waals surface area contributed by atoms with Gasteiger partial charge in [0.15, 0.2) is 11.5 Å². The molecule has 0 saturated carbocycles. The summed E-state index contributed by atoms with van der Waals surface area (Å²) in [6, 6.07) is 9.04. The SMILES string of the molecule is Nc1ccc(C2=NNC(=O)Cc3c2cc2c(c3Cl)OCO2)cc1. The fraction of sp³-hybridized carbons (Fsp3) is 0.125. The van der Waals surface area contributed by atoms with Crippen LogP contribution in [0.4, 0.5) is 5.69 Å². The summed E-state index contributed by atoms with van der Waals surface area (Å²) in [5, 5.41) is 4.62. The number of hydrazone groups is 1. The Morgan fingerprint density at radius 1 is 1.22 bits per heavy atom. The fourth-order valence-electron chi connectivity index (χ4n) is 2.66. The molecule has 0 unspecified atom stereocenters. The van der Waals surface area contributed by atoms with E-state index in [0.29, 0.717) is 33.5 Å². The molecule has 2 aliphatic rings. The molecule has 3 N–H and O–H groups in total. The molecule has 1 amide bonds. The molecule has 0 aliphatic carbocycles. The maximum atomic E-state index is 12.0. The van der Waals surface area contributed by atoms with Crippen LogP contribution in [0.15, 0.2) is 35.4 Å². The van der Waals surface area contributed by atoms with Gasteiger partial charge in [0, 0.05) is 16.8 Å². The van der Waals surface area contributed by atoms with E-state index in [1.807, 2.05) is 12.1 Å². The van der Waals surface area contributed by atoms with Gasteiger partial charge in [0.05, 0.1) is 17.2 Å². The summed E-state index contributed by atoms with van der Waals surface area (Å²) < 4.78 is 10.8. The van der Waals surface area contributed by atoms with Crippen molar-refractivity contribution < 1.29 is 14.3 Å². The minimum atomic E-state index is -0.238. The van der Waals surface area contributed by atoms with Crippen molar-refractivity contribution in [1.29, 1.82) is 0 Å². The number of carbonyl (C=O) groups is 1. The number of amides is 1. The number of benzene rings is 2. The van der Waals surface area contributed by atoms with Crippen LogP contribution >= 0.6 is 11.6 Å². The second-order valence-electron chi connectivity index (χ2n) is 5.24. The Kier molecular flexibility index (Phi) is 3.12. The van der Waals surface area contributed by atoms with Gasteiger partial charge >= 0.3 is 0 Å². The molecule has 2 aromatic rings. The quantitative estimate of drug-likeness (QED) is 0.784. The number of carbonyl (C=O) groups excluding carboxylic acids is 1. The molecular weight excluding hydrogens is 318 g/mol. The van der Waals surface area contributed by atoms with Gasteiger partial charge in [-0.25, -0.2) is 5.43 Å². The summed E-state index contributed by atoms with van der Waals surface area (Å²) in [6.45, 7) is 0.110. The van der Waals surface area contributed by atoms with Crippen LogP contribution in [-0.2, 0) is 11.2 Å². The summed E-state index contributed by atoms with van der Waals surface area (Å²) >= 11 is 6.43. The van der Waals surface area contributed by atoms with Crippen molar-refractivity contribution in [3.63, 3.8) is 0 Å². The second-order valence-corrected chi connectivity index (χ2v) is 5.62. The Morgan fingerprint density at radius 2 is 2.00 bits per heavy atom. The van der Waals surface area contributed by atoms with Crippen molar-refractivity contribution in [2.24, 2.45) is 5.10 Å². The Balaban J connectivity index is 1.94. The van der Waals surface area contributed by atoms with Crippen LogP contribution in [-0.4, -0.2) is 18.4 Å². The average Bonchev–Trinajstić information content (AvgIpc) is 2.94. The first-order chi connectivity index (χ1) is 11.1. The minimum absolute atomic E-state index is 0.110. The van der Waals surface area contributed by atoms with E-state index in [9.17, 15) is 4.79 Å². The Morgan fingerprint density at radius 3 is 2.78 bits per heavy atom. The molecular formula is C16H12ClN3O3. The van der Waals surface area contributed by atoms with Gasteiger partial charge in [-0.05, 0) is 23.8 Å². The number of halogens is 1. The summed E-state index contributed by atoms with van der Waals surface area (Å²) in [7, 11) is 0. The van der Waals surface area contributed by atoms with Crippen molar-refractivity contribution >= 4 is 28.9 Å². The lowest BCUT2D eigenvalue weighted by Gasteiger charge is -2.12. The van der Waals surface area contributed by atoms with E-state index in [2.05, 4.69) is 10.5 Å². The lowest BCUT2D eigenvalue weighted by atomic mass is 9.95. The summed E-state index contributed by atoms with van der Waals surface area (Å²) in [5.41, 5.74) is 11.7. The molecule has 0 spiro atoms. The monoisotopic (exact) mass is 329 g/mol. The highest BCUT2D eigenvalue weighted by Gasteiger charge is 2.28. The molecule has 2 aliphatic heterocycles. The highest BCUT2D eigenvalue weighted by atomic mass is 35.5. The summed E-state index contributed by atoms with van der Waals surface area (Å²) in [6.07, 6.45) is 0.118. The first-order valence-electron chi connectivity index (χ1n) is 6.97. The van der Waals surface area contributed by atoms with E-state index < -0.39 is 0 Å². The molecule has 7 heteroatoms. The van der Waals surface area contributed by atoms with E-state index in [1.54, 1.807) is 18.2 Å². The predicted molar refractivity (Wildman–Crippen MR) is 85.9 cm³/mol. The Bertz CT molecular complexity index is 847. The van der Waals surface area contributed by atoms with Gasteiger partial charge in [-0.1, -0.05) is 23.7 Å². The van der Waals surface area contributed by atoms with E-state index >= 15 is 0 Å². The van der Waals surface area contributed by atoms with Crippen molar-refractivity contribution in [2.45, 2.75) is 6.42 Å². The first-order valence-corrected chi connectivity index (χ1v) is 7.35. The number of hydrogen-bond acceptors (Lipinski definition) is 5. The highest BCUT2D eigenvalue weighted by molar-refractivity contribution is 6.34. The van der Waals surface area contributed by atoms with E-state index in [-0.39, 0.29) is 19.1 Å². The maximum Gasteiger partial charge on any atom is 0.244 e. The molecule has 23 heavy (non-hydrogen) atoms. The zero-order chi connectivity index (χ0) is 16.0. The van der Waals surface area contributed by atoms with E-state index in [1.165, 1.54) is 0 Å². The van der Waals surface area contributed by atoms with Gasteiger partial charge in [0.25, 0.3) is 0 Å². The van der Waals surface area contributed by atoms with Gasteiger partial charge in [0.2, 0.25) is 12.7 Å². The molecule has 0 saturated heterocycles. The number of nitrogens with one attached hydrogen (secondary N) is 1. The lowest BCUT2D eigenvalue weighted by molar-refractivity contribution is -0.120.